The summed E-state index contributed by atoms with van der Waals surface area (Å²) in [4.78, 5) is 30.0. The monoisotopic (exact) mass is 297 g/mol. The smallest absolute Gasteiger partial charge is 0.276 e. The number of H-pyrrole nitrogens is 1. The summed E-state index contributed by atoms with van der Waals surface area (Å²) in [5, 5.41) is 11.3. The van der Waals surface area contributed by atoms with Crippen LogP contribution in [0.15, 0.2) is 10.9 Å². The second-order valence-electron chi connectivity index (χ2n) is 3.59. The SMILES string of the molecule is CSCc1nc(C(=O)Nc2nnc(C)s2)cc(=O)[nH]1. The molecule has 2 N–H and O–H groups in total. The van der Waals surface area contributed by atoms with Crippen molar-refractivity contribution in [2.45, 2.75) is 12.7 Å². The van der Waals surface area contributed by atoms with Gasteiger partial charge in [0.05, 0.1) is 5.75 Å². The van der Waals surface area contributed by atoms with Crippen LogP contribution in [-0.2, 0) is 5.75 Å². The van der Waals surface area contributed by atoms with E-state index in [0.29, 0.717) is 16.7 Å². The van der Waals surface area contributed by atoms with E-state index in [-0.39, 0.29) is 11.3 Å². The Bertz CT molecular complexity index is 651. The molecular formula is C10H11N5O2S2. The van der Waals surface area contributed by atoms with Crippen molar-refractivity contribution in [2.24, 2.45) is 0 Å². The number of carbonyl (C=O) groups excluding carboxylic acids is 1. The van der Waals surface area contributed by atoms with Gasteiger partial charge in [0, 0.05) is 6.07 Å². The fourth-order valence-electron chi connectivity index (χ4n) is 1.34. The van der Waals surface area contributed by atoms with Crippen molar-refractivity contribution < 1.29 is 4.79 Å². The van der Waals surface area contributed by atoms with Crippen LogP contribution in [-0.4, -0.2) is 32.3 Å². The molecule has 0 bridgehead atoms. The average Bonchev–Trinajstić information content (AvgIpc) is 2.74. The first kappa shape index (κ1) is 13.7. The van der Waals surface area contributed by atoms with Gasteiger partial charge in [-0.05, 0) is 13.2 Å². The molecule has 2 aromatic heterocycles. The Morgan fingerprint density at radius 1 is 1.53 bits per heavy atom. The van der Waals surface area contributed by atoms with Crippen LogP contribution < -0.4 is 10.9 Å². The van der Waals surface area contributed by atoms with Gasteiger partial charge in [0.15, 0.2) is 0 Å². The van der Waals surface area contributed by atoms with Gasteiger partial charge in [0.25, 0.3) is 11.5 Å². The van der Waals surface area contributed by atoms with Crippen molar-refractivity contribution >= 4 is 34.1 Å². The zero-order valence-electron chi connectivity index (χ0n) is 10.3. The lowest BCUT2D eigenvalue weighted by Crippen LogP contribution is -2.20. The van der Waals surface area contributed by atoms with Crippen LogP contribution in [0.25, 0.3) is 0 Å². The summed E-state index contributed by atoms with van der Waals surface area (Å²) >= 11 is 2.76. The number of aromatic amines is 1. The fraction of sp³-hybridized carbons (Fsp3) is 0.300. The molecule has 0 aliphatic carbocycles. The third-order valence-corrected chi connectivity index (χ3v) is 3.37. The second-order valence-corrected chi connectivity index (χ2v) is 5.64. The first-order valence-corrected chi connectivity index (χ1v) is 7.50. The molecule has 0 unspecified atom stereocenters. The first-order chi connectivity index (χ1) is 9.08. The Balaban J connectivity index is 2.21. The molecule has 0 aromatic carbocycles. The summed E-state index contributed by atoms with van der Waals surface area (Å²) < 4.78 is 0. The highest BCUT2D eigenvalue weighted by Crippen LogP contribution is 2.14. The number of hydrogen-bond donors (Lipinski definition) is 2. The number of anilines is 1. The van der Waals surface area contributed by atoms with Crippen LogP contribution in [0.3, 0.4) is 0 Å². The highest BCUT2D eigenvalue weighted by molar-refractivity contribution is 7.97. The Labute approximate surface area is 116 Å². The summed E-state index contributed by atoms with van der Waals surface area (Å²) in [7, 11) is 0. The number of nitrogens with one attached hydrogen (secondary N) is 2. The summed E-state index contributed by atoms with van der Waals surface area (Å²) in [5.41, 5.74) is -0.279. The lowest BCUT2D eigenvalue weighted by atomic mass is 10.4. The van der Waals surface area contributed by atoms with Gasteiger partial charge in [-0.3, -0.25) is 14.9 Å². The molecule has 1 amide bonds. The number of hydrogen-bond acceptors (Lipinski definition) is 7. The van der Waals surface area contributed by atoms with E-state index in [1.165, 1.54) is 23.1 Å². The second kappa shape index (κ2) is 5.93. The van der Waals surface area contributed by atoms with Crippen molar-refractivity contribution in [2.75, 3.05) is 11.6 Å². The third kappa shape index (κ3) is 3.61. The predicted octanol–water partition coefficient (Wildman–Crippen LogP) is 1.05. The van der Waals surface area contributed by atoms with Crippen LogP contribution in [0.2, 0.25) is 0 Å². The highest BCUT2D eigenvalue weighted by atomic mass is 32.2. The van der Waals surface area contributed by atoms with Crippen molar-refractivity contribution in [1.82, 2.24) is 20.2 Å². The largest absolute Gasteiger partial charge is 0.310 e. The molecule has 0 spiro atoms. The molecular weight excluding hydrogens is 286 g/mol. The Kier molecular flexibility index (Phi) is 4.27. The third-order valence-electron chi connectivity index (χ3n) is 2.05. The number of carbonyl (C=O) groups is 1. The fourth-order valence-corrected chi connectivity index (χ4v) is 2.33. The number of amides is 1. The molecule has 0 fully saturated rings. The Morgan fingerprint density at radius 3 is 2.95 bits per heavy atom. The molecule has 2 rings (SSSR count). The van der Waals surface area contributed by atoms with Gasteiger partial charge >= 0.3 is 0 Å². The number of aromatic nitrogens is 4. The molecule has 0 saturated heterocycles. The number of aryl methyl sites for hydroxylation is 1. The zero-order chi connectivity index (χ0) is 13.8. The van der Waals surface area contributed by atoms with E-state index in [0.717, 1.165) is 11.1 Å². The summed E-state index contributed by atoms with van der Waals surface area (Å²) in [6.45, 7) is 1.79. The standard InChI is InChI=1S/C10H11N5O2S2/c1-5-14-15-10(19-5)13-9(17)6-3-8(16)12-7(11-6)4-18-2/h3H,4H2,1-2H3,(H,11,12,16)(H,13,15,17). The Morgan fingerprint density at radius 2 is 2.32 bits per heavy atom. The van der Waals surface area contributed by atoms with Gasteiger partial charge < -0.3 is 4.98 Å². The number of rotatable bonds is 4. The van der Waals surface area contributed by atoms with Gasteiger partial charge in [0.1, 0.15) is 16.5 Å². The minimum Gasteiger partial charge on any atom is -0.310 e. The van der Waals surface area contributed by atoms with Gasteiger partial charge in [0.2, 0.25) is 5.13 Å². The molecule has 100 valence electrons. The van der Waals surface area contributed by atoms with E-state index in [1.807, 2.05) is 6.26 Å². The van der Waals surface area contributed by atoms with Crippen molar-refractivity contribution in [3.8, 4) is 0 Å². The van der Waals surface area contributed by atoms with E-state index >= 15 is 0 Å². The van der Waals surface area contributed by atoms with Crippen molar-refractivity contribution in [3.63, 3.8) is 0 Å². The van der Waals surface area contributed by atoms with Crippen LogP contribution in [0.4, 0.5) is 5.13 Å². The van der Waals surface area contributed by atoms with Crippen molar-refractivity contribution in [1.29, 1.82) is 0 Å². The van der Waals surface area contributed by atoms with Gasteiger partial charge in [-0.1, -0.05) is 11.3 Å². The maximum atomic E-state index is 11.9. The molecule has 19 heavy (non-hydrogen) atoms. The molecule has 0 aliphatic heterocycles. The average molecular weight is 297 g/mol. The maximum absolute atomic E-state index is 11.9. The minimum atomic E-state index is -0.468. The lowest BCUT2D eigenvalue weighted by Gasteiger charge is -2.02. The van der Waals surface area contributed by atoms with Gasteiger partial charge in [-0.15, -0.1) is 10.2 Å². The molecule has 0 aliphatic rings. The maximum Gasteiger partial charge on any atom is 0.276 e. The van der Waals surface area contributed by atoms with E-state index < -0.39 is 5.91 Å². The quantitative estimate of drug-likeness (QED) is 0.874. The van der Waals surface area contributed by atoms with Gasteiger partial charge in [-0.2, -0.15) is 11.8 Å². The molecule has 2 aromatic rings. The molecule has 0 saturated carbocycles. The molecule has 0 atom stereocenters. The number of thioether (sulfide) groups is 1. The van der Waals surface area contributed by atoms with E-state index in [4.69, 9.17) is 0 Å². The van der Waals surface area contributed by atoms with E-state index in [2.05, 4.69) is 25.5 Å². The molecule has 7 nitrogen and oxygen atoms in total. The zero-order valence-corrected chi connectivity index (χ0v) is 11.9. The minimum absolute atomic E-state index is 0.0700. The highest BCUT2D eigenvalue weighted by Gasteiger charge is 2.12. The van der Waals surface area contributed by atoms with Crippen LogP contribution in [0.5, 0.6) is 0 Å². The van der Waals surface area contributed by atoms with Crippen molar-refractivity contribution in [3.05, 3.63) is 32.9 Å². The summed E-state index contributed by atoms with van der Waals surface area (Å²) in [5.74, 6) is 0.539. The summed E-state index contributed by atoms with van der Waals surface area (Å²) in [6, 6.07) is 1.16. The lowest BCUT2D eigenvalue weighted by molar-refractivity contribution is 0.102. The van der Waals surface area contributed by atoms with Crippen LogP contribution in [0.1, 0.15) is 21.3 Å². The molecule has 0 radical (unpaired) electrons. The molecule has 9 heteroatoms. The first-order valence-electron chi connectivity index (χ1n) is 5.29. The van der Waals surface area contributed by atoms with Crippen LogP contribution >= 0.6 is 23.1 Å². The Hall–Kier alpha value is -1.74. The molecule has 2 heterocycles. The van der Waals surface area contributed by atoms with E-state index in [1.54, 1.807) is 6.92 Å². The van der Waals surface area contributed by atoms with E-state index in [9.17, 15) is 9.59 Å². The van der Waals surface area contributed by atoms with Crippen LogP contribution in [0, 0.1) is 6.92 Å². The normalized spacial score (nSPS) is 10.4. The predicted molar refractivity (Wildman–Crippen MR) is 74.7 cm³/mol. The topological polar surface area (TPSA) is 101 Å². The van der Waals surface area contributed by atoms with Gasteiger partial charge in [-0.25, -0.2) is 4.98 Å². The summed E-state index contributed by atoms with van der Waals surface area (Å²) in [6.07, 6.45) is 1.89. The number of nitrogens with zero attached hydrogens (tertiary/aromatic N) is 3.